The minimum Gasteiger partial charge on any atom is -0.497 e. The molecule has 0 amide bonds. The number of aldehydes is 1. The van der Waals surface area contributed by atoms with Crippen LogP contribution in [0.15, 0.2) is 54.7 Å². The van der Waals surface area contributed by atoms with E-state index in [1.165, 1.54) is 12.1 Å². The van der Waals surface area contributed by atoms with Crippen LogP contribution in [0.2, 0.25) is 0 Å². The van der Waals surface area contributed by atoms with E-state index in [2.05, 4.69) is 5.10 Å². The minimum absolute atomic E-state index is 0.0525. The zero-order chi connectivity index (χ0) is 17.1. The smallest absolute Gasteiger partial charge is 0.270 e. The fourth-order valence-corrected chi connectivity index (χ4v) is 2.33. The SMILES string of the molecule is COc1ccc(-n2cc(C=O)c(-c3cccc([N+](=O)[O-])c3)n2)cc1. The maximum absolute atomic E-state index is 11.4. The van der Waals surface area contributed by atoms with Gasteiger partial charge in [-0.15, -0.1) is 0 Å². The van der Waals surface area contributed by atoms with Gasteiger partial charge in [0.1, 0.15) is 11.4 Å². The van der Waals surface area contributed by atoms with Gasteiger partial charge < -0.3 is 4.74 Å². The molecule has 1 heterocycles. The first-order valence-electron chi connectivity index (χ1n) is 7.06. The number of nitro groups is 1. The summed E-state index contributed by atoms with van der Waals surface area (Å²) in [5, 5.41) is 15.3. The van der Waals surface area contributed by atoms with Crippen LogP contribution in [-0.2, 0) is 0 Å². The molecule has 0 spiro atoms. The molecule has 7 nitrogen and oxygen atoms in total. The van der Waals surface area contributed by atoms with Crippen molar-refractivity contribution in [3.05, 3.63) is 70.4 Å². The van der Waals surface area contributed by atoms with Crippen molar-refractivity contribution < 1.29 is 14.5 Å². The van der Waals surface area contributed by atoms with Crippen LogP contribution in [0.4, 0.5) is 5.69 Å². The molecule has 3 rings (SSSR count). The monoisotopic (exact) mass is 323 g/mol. The second-order valence-corrected chi connectivity index (χ2v) is 5.00. The molecule has 0 radical (unpaired) electrons. The predicted molar refractivity (Wildman–Crippen MR) is 87.6 cm³/mol. The highest BCUT2D eigenvalue weighted by Crippen LogP contribution is 2.26. The number of carbonyl (C=O) groups is 1. The summed E-state index contributed by atoms with van der Waals surface area (Å²) >= 11 is 0. The first-order chi connectivity index (χ1) is 11.6. The summed E-state index contributed by atoms with van der Waals surface area (Å²) in [6, 6.07) is 13.2. The van der Waals surface area contributed by atoms with E-state index >= 15 is 0 Å². The minimum atomic E-state index is -0.482. The number of benzene rings is 2. The molecule has 1 aromatic heterocycles. The third kappa shape index (κ3) is 2.87. The molecule has 0 fully saturated rings. The summed E-state index contributed by atoms with van der Waals surface area (Å²) in [5.74, 6) is 0.709. The van der Waals surface area contributed by atoms with Crippen LogP contribution in [0, 0.1) is 10.1 Å². The normalized spacial score (nSPS) is 10.4. The summed E-state index contributed by atoms with van der Waals surface area (Å²) in [6.45, 7) is 0. The Labute approximate surface area is 137 Å². The van der Waals surface area contributed by atoms with Crippen molar-refractivity contribution in [2.24, 2.45) is 0 Å². The van der Waals surface area contributed by atoms with Crippen molar-refractivity contribution in [3.63, 3.8) is 0 Å². The van der Waals surface area contributed by atoms with Crippen molar-refractivity contribution >= 4 is 12.0 Å². The van der Waals surface area contributed by atoms with Crippen LogP contribution in [0.3, 0.4) is 0 Å². The molecule has 120 valence electrons. The Kier molecular flexibility index (Phi) is 4.07. The molecule has 0 bridgehead atoms. The van der Waals surface area contributed by atoms with Gasteiger partial charge in [0.05, 0.1) is 23.3 Å². The Balaban J connectivity index is 2.06. The second-order valence-electron chi connectivity index (χ2n) is 5.00. The number of carbonyl (C=O) groups excluding carboxylic acids is 1. The van der Waals surface area contributed by atoms with E-state index < -0.39 is 4.92 Å². The molecule has 24 heavy (non-hydrogen) atoms. The highest BCUT2D eigenvalue weighted by molar-refractivity contribution is 5.86. The number of rotatable bonds is 5. The lowest BCUT2D eigenvalue weighted by Crippen LogP contribution is -1.95. The number of ether oxygens (including phenoxy) is 1. The van der Waals surface area contributed by atoms with Crippen molar-refractivity contribution in [2.45, 2.75) is 0 Å². The fourth-order valence-electron chi connectivity index (χ4n) is 2.33. The van der Waals surface area contributed by atoms with Crippen LogP contribution in [0.25, 0.3) is 16.9 Å². The molecule has 3 aromatic rings. The van der Waals surface area contributed by atoms with E-state index in [-0.39, 0.29) is 5.69 Å². The molecule has 0 aliphatic carbocycles. The van der Waals surface area contributed by atoms with Crippen LogP contribution in [0.5, 0.6) is 5.75 Å². The van der Waals surface area contributed by atoms with Gasteiger partial charge in [-0.05, 0) is 24.3 Å². The van der Waals surface area contributed by atoms with E-state index in [4.69, 9.17) is 4.74 Å². The van der Waals surface area contributed by atoms with Gasteiger partial charge in [0.25, 0.3) is 5.69 Å². The van der Waals surface area contributed by atoms with Crippen molar-refractivity contribution in [1.82, 2.24) is 9.78 Å². The molecule has 0 saturated heterocycles. The lowest BCUT2D eigenvalue weighted by Gasteiger charge is -2.03. The van der Waals surface area contributed by atoms with E-state index in [0.717, 1.165) is 5.69 Å². The number of methoxy groups -OCH3 is 1. The molecule has 0 aliphatic heterocycles. The Morgan fingerprint density at radius 2 is 1.96 bits per heavy atom. The average molecular weight is 323 g/mol. The summed E-state index contributed by atoms with van der Waals surface area (Å²) in [6.07, 6.45) is 2.27. The quantitative estimate of drug-likeness (QED) is 0.408. The molecular weight excluding hydrogens is 310 g/mol. The fraction of sp³-hybridized carbons (Fsp3) is 0.0588. The summed E-state index contributed by atoms with van der Waals surface area (Å²) in [5.41, 5.74) is 1.95. The van der Waals surface area contributed by atoms with Crippen LogP contribution >= 0.6 is 0 Å². The van der Waals surface area contributed by atoms with Gasteiger partial charge in [-0.1, -0.05) is 12.1 Å². The highest BCUT2D eigenvalue weighted by atomic mass is 16.6. The van der Waals surface area contributed by atoms with Crippen LogP contribution in [0.1, 0.15) is 10.4 Å². The Morgan fingerprint density at radius 1 is 1.21 bits per heavy atom. The van der Waals surface area contributed by atoms with Gasteiger partial charge in [0, 0.05) is 23.9 Å². The molecule has 2 aromatic carbocycles. The lowest BCUT2D eigenvalue weighted by molar-refractivity contribution is -0.384. The lowest BCUT2D eigenvalue weighted by atomic mass is 10.1. The van der Waals surface area contributed by atoms with Gasteiger partial charge in [0.15, 0.2) is 6.29 Å². The predicted octanol–water partition coefficient (Wildman–Crippen LogP) is 3.27. The summed E-state index contributed by atoms with van der Waals surface area (Å²) in [7, 11) is 1.58. The maximum Gasteiger partial charge on any atom is 0.270 e. The van der Waals surface area contributed by atoms with Gasteiger partial charge in [-0.25, -0.2) is 4.68 Å². The number of nitrogens with zero attached hydrogens (tertiary/aromatic N) is 3. The molecule has 0 saturated carbocycles. The topological polar surface area (TPSA) is 87.3 Å². The van der Waals surface area contributed by atoms with E-state index in [1.807, 2.05) is 0 Å². The average Bonchev–Trinajstić information content (AvgIpc) is 3.06. The number of hydrogen-bond acceptors (Lipinski definition) is 5. The third-order valence-corrected chi connectivity index (χ3v) is 3.54. The molecule has 0 atom stereocenters. The number of nitro benzene ring substituents is 1. The Hall–Kier alpha value is -3.48. The first-order valence-corrected chi connectivity index (χ1v) is 7.06. The van der Waals surface area contributed by atoms with Crippen LogP contribution < -0.4 is 4.74 Å². The largest absolute Gasteiger partial charge is 0.497 e. The van der Waals surface area contributed by atoms with E-state index in [9.17, 15) is 14.9 Å². The van der Waals surface area contributed by atoms with Gasteiger partial charge >= 0.3 is 0 Å². The number of non-ortho nitro benzene ring substituents is 1. The second kappa shape index (κ2) is 6.33. The van der Waals surface area contributed by atoms with Gasteiger partial charge in [-0.3, -0.25) is 14.9 Å². The van der Waals surface area contributed by atoms with Crippen molar-refractivity contribution in [2.75, 3.05) is 7.11 Å². The van der Waals surface area contributed by atoms with E-state index in [1.54, 1.807) is 54.4 Å². The standard InChI is InChI=1S/C17H13N3O4/c1-24-16-7-5-14(6-8-16)19-10-13(11-21)17(18-19)12-3-2-4-15(9-12)20(22)23/h2-11H,1H3. The molecule has 0 aliphatic rings. The Morgan fingerprint density at radius 3 is 2.58 bits per heavy atom. The molecule has 7 heteroatoms. The van der Waals surface area contributed by atoms with Crippen LogP contribution in [-0.4, -0.2) is 28.1 Å². The number of hydrogen-bond donors (Lipinski definition) is 0. The summed E-state index contributed by atoms with van der Waals surface area (Å²) < 4.78 is 6.66. The molecule has 0 unspecified atom stereocenters. The molecule has 0 N–H and O–H groups in total. The highest BCUT2D eigenvalue weighted by Gasteiger charge is 2.14. The summed E-state index contributed by atoms with van der Waals surface area (Å²) in [4.78, 5) is 21.8. The first kappa shape index (κ1) is 15.4. The molecular formula is C17H13N3O4. The van der Waals surface area contributed by atoms with Gasteiger partial charge in [0.2, 0.25) is 0 Å². The Bertz CT molecular complexity index is 900. The van der Waals surface area contributed by atoms with Crippen molar-refractivity contribution in [1.29, 1.82) is 0 Å². The zero-order valence-corrected chi connectivity index (χ0v) is 12.7. The third-order valence-electron chi connectivity index (χ3n) is 3.54. The zero-order valence-electron chi connectivity index (χ0n) is 12.7. The van der Waals surface area contributed by atoms with Gasteiger partial charge in [-0.2, -0.15) is 5.10 Å². The number of aromatic nitrogens is 2. The van der Waals surface area contributed by atoms with E-state index in [0.29, 0.717) is 28.9 Å². The van der Waals surface area contributed by atoms with Crippen molar-refractivity contribution in [3.8, 4) is 22.7 Å². The maximum atomic E-state index is 11.4.